The van der Waals surface area contributed by atoms with Crippen LogP contribution < -0.4 is 0 Å². The summed E-state index contributed by atoms with van der Waals surface area (Å²) >= 11 is 0. The van der Waals surface area contributed by atoms with Crippen molar-refractivity contribution in [2.24, 2.45) is 17.8 Å². The first-order chi connectivity index (χ1) is 28.1. The number of hydrogen-bond acceptors (Lipinski definition) is 6. The van der Waals surface area contributed by atoms with Gasteiger partial charge in [0.05, 0.1) is 0 Å². The van der Waals surface area contributed by atoms with Crippen molar-refractivity contribution in [2.45, 2.75) is 285 Å². The molecule has 0 spiro atoms. The lowest BCUT2D eigenvalue weighted by Crippen LogP contribution is -2.30. The van der Waals surface area contributed by atoms with Gasteiger partial charge < -0.3 is 14.2 Å². The van der Waals surface area contributed by atoms with Crippen molar-refractivity contribution in [3.05, 3.63) is 0 Å². The molecule has 0 amide bonds. The predicted octanol–water partition coefficient (Wildman–Crippen LogP) is 16.4. The van der Waals surface area contributed by atoms with E-state index in [1.807, 2.05) is 0 Å². The Balaban J connectivity index is 4.29. The summed E-state index contributed by atoms with van der Waals surface area (Å²) in [6.45, 7) is 13.7. The first kappa shape index (κ1) is 56.4. The van der Waals surface area contributed by atoms with Crippen LogP contribution in [0.1, 0.15) is 279 Å². The number of hydrogen-bond donors (Lipinski definition) is 0. The fraction of sp³-hybridized carbons (Fsp3) is 0.942. The molecule has 0 saturated heterocycles. The standard InChI is InChI=1S/C52H100O6/c1-7-48(6)40-34-28-22-17-19-24-30-36-42-51(54)57-45-49(58-52(55)43-37-31-25-18-16-21-27-33-39-47(4)5)44-56-50(53)41-35-29-23-15-13-11-9-8-10-12-14-20-26-32-38-46(2)3/h46-49H,7-45H2,1-6H3/t48?,49-/m0/s1. The van der Waals surface area contributed by atoms with Crippen molar-refractivity contribution in [3.63, 3.8) is 0 Å². The highest BCUT2D eigenvalue weighted by Gasteiger charge is 2.19. The molecule has 6 nitrogen and oxygen atoms in total. The highest BCUT2D eigenvalue weighted by atomic mass is 16.6. The smallest absolute Gasteiger partial charge is 0.306 e. The van der Waals surface area contributed by atoms with E-state index >= 15 is 0 Å². The van der Waals surface area contributed by atoms with Crippen LogP contribution in [-0.2, 0) is 28.6 Å². The molecule has 0 rings (SSSR count). The van der Waals surface area contributed by atoms with Crippen molar-refractivity contribution >= 4 is 17.9 Å². The SMILES string of the molecule is CCC(C)CCCCCCCCCCC(=O)OC[C@H](COC(=O)CCCCCCCCCCCCCCCCC(C)C)OC(=O)CCCCCCCCCCC(C)C. The molecular weight excluding hydrogens is 721 g/mol. The van der Waals surface area contributed by atoms with Gasteiger partial charge in [-0.25, -0.2) is 0 Å². The lowest BCUT2D eigenvalue weighted by Gasteiger charge is -2.18. The van der Waals surface area contributed by atoms with Crippen molar-refractivity contribution in [1.29, 1.82) is 0 Å². The summed E-state index contributed by atoms with van der Waals surface area (Å²) in [4.78, 5) is 37.9. The maximum atomic E-state index is 12.7. The first-order valence-corrected chi connectivity index (χ1v) is 25.6. The van der Waals surface area contributed by atoms with E-state index in [9.17, 15) is 14.4 Å². The summed E-state index contributed by atoms with van der Waals surface area (Å²) in [6.07, 6.45) is 42.3. The summed E-state index contributed by atoms with van der Waals surface area (Å²) in [5.41, 5.74) is 0. The van der Waals surface area contributed by atoms with Gasteiger partial charge in [-0.1, -0.05) is 241 Å². The second-order valence-electron chi connectivity index (χ2n) is 19.0. The lowest BCUT2D eigenvalue weighted by molar-refractivity contribution is -0.167. The van der Waals surface area contributed by atoms with E-state index in [1.54, 1.807) is 0 Å². The van der Waals surface area contributed by atoms with Crippen LogP contribution in [0.3, 0.4) is 0 Å². The van der Waals surface area contributed by atoms with Crippen LogP contribution in [-0.4, -0.2) is 37.2 Å². The van der Waals surface area contributed by atoms with Crippen LogP contribution in [0.5, 0.6) is 0 Å². The molecule has 0 N–H and O–H groups in total. The van der Waals surface area contributed by atoms with Crippen LogP contribution in [0.2, 0.25) is 0 Å². The molecule has 0 aromatic carbocycles. The minimum Gasteiger partial charge on any atom is -0.462 e. The molecule has 0 aliphatic rings. The van der Waals surface area contributed by atoms with Crippen LogP contribution in [0, 0.1) is 17.8 Å². The van der Waals surface area contributed by atoms with Gasteiger partial charge >= 0.3 is 17.9 Å². The minimum atomic E-state index is -0.763. The molecule has 0 bridgehead atoms. The predicted molar refractivity (Wildman–Crippen MR) is 247 cm³/mol. The molecule has 0 heterocycles. The fourth-order valence-electron chi connectivity index (χ4n) is 7.73. The highest BCUT2D eigenvalue weighted by Crippen LogP contribution is 2.18. The Morgan fingerprint density at radius 2 is 0.603 bits per heavy atom. The van der Waals surface area contributed by atoms with Crippen molar-refractivity contribution in [2.75, 3.05) is 13.2 Å². The maximum absolute atomic E-state index is 12.7. The van der Waals surface area contributed by atoms with Crippen molar-refractivity contribution in [3.8, 4) is 0 Å². The van der Waals surface area contributed by atoms with Crippen LogP contribution in [0.25, 0.3) is 0 Å². The molecule has 0 aliphatic carbocycles. The van der Waals surface area contributed by atoms with Crippen molar-refractivity contribution < 1.29 is 28.6 Å². The zero-order chi connectivity index (χ0) is 42.7. The van der Waals surface area contributed by atoms with E-state index in [0.717, 1.165) is 75.5 Å². The number of esters is 3. The summed E-state index contributed by atoms with van der Waals surface area (Å²) < 4.78 is 16.8. The Morgan fingerprint density at radius 3 is 0.897 bits per heavy atom. The van der Waals surface area contributed by atoms with Gasteiger partial charge in [-0.05, 0) is 37.0 Å². The molecule has 0 aromatic heterocycles. The van der Waals surface area contributed by atoms with Crippen LogP contribution in [0.15, 0.2) is 0 Å². The molecule has 0 aliphatic heterocycles. The van der Waals surface area contributed by atoms with Gasteiger partial charge in [-0.15, -0.1) is 0 Å². The van der Waals surface area contributed by atoms with Gasteiger partial charge in [0.2, 0.25) is 0 Å². The molecular formula is C52H100O6. The number of carbonyl (C=O) groups is 3. The molecule has 0 aromatic rings. The normalized spacial score (nSPS) is 12.6. The largest absolute Gasteiger partial charge is 0.462 e. The zero-order valence-corrected chi connectivity index (χ0v) is 39.8. The van der Waals surface area contributed by atoms with Crippen LogP contribution in [0.4, 0.5) is 0 Å². The molecule has 58 heavy (non-hydrogen) atoms. The van der Waals surface area contributed by atoms with E-state index in [0.29, 0.717) is 19.3 Å². The third-order valence-corrected chi connectivity index (χ3v) is 12.0. The van der Waals surface area contributed by atoms with Gasteiger partial charge in [0, 0.05) is 19.3 Å². The Bertz CT molecular complexity index is 900. The maximum Gasteiger partial charge on any atom is 0.306 e. The summed E-state index contributed by atoms with van der Waals surface area (Å²) in [5.74, 6) is 1.63. The first-order valence-electron chi connectivity index (χ1n) is 25.6. The number of ether oxygens (including phenoxy) is 3. The fourth-order valence-corrected chi connectivity index (χ4v) is 7.73. The molecule has 2 atom stereocenters. The Labute approximate surface area is 361 Å². The quantitative estimate of drug-likeness (QED) is 0.0346. The average molecular weight is 821 g/mol. The molecule has 6 heteroatoms. The third-order valence-electron chi connectivity index (χ3n) is 12.0. The van der Waals surface area contributed by atoms with Gasteiger partial charge in [0.15, 0.2) is 6.10 Å². The lowest BCUT2D eigenvalue weighted by atomic mass is 9.99. The molecule has 0 radical (unpaired) electrons. The number of carbonyl (C=O) groups excluding carboxylic acids is 3. The summed E-state index contributed by atoms with van der Waals surface area (Å²) in [5, 5.41) is 0. The van der Waals surface area contributed by atoms with Crippen molar-refractivity contribution in [1.82, 2.24) is 0 Å². The van der Waals surface area contributed by atoms with Gasteiger partial charge in [0.25, 0.3) is 0 Å². The monoisotopic (exact) mass is 821 g/mol. The third kappa shape index (κ3) is 44.0. The van der Waals surface area contributed by atoms with E-state index in [4.69, 9.17) is 14.2 Å². The Hall–Kier alpha value is -1.59. The van der Waals surface area contributed by atoms with Gasteiger partial charge in [-0.3, -0.25) is 14.4 Å². The highest BCUT2D eigenvalue weighted by molar-refractivity contribution is 5.71. The second kappa shape index (κ2) is 43.5. The van der Waals surface area contributed by atoms with Crippen LogP contribution >= 0.6 is 0 Å². The Kier molecular flexibility index (Phi) is 42.3. The number of rotatable bonds is 45. The van der Waals surface area contributed by atoms with Gasteiger partial charge in [-0.2, -0.15) is 0 Å². The molecule has 344 valence electrons. The molecule has 0 saturated carbocycles. The number of unbranched alkanes of at least 4 members (excludes halogenated alkanes) is 27. The summed E-state index contributed by atoms with van der Waals surface area (Å²) in [6, 6.07) is 0. The minimum absolute atomic E-state index is 0.0653. The molecule has 1 unspecified atom stereocenters. The van der Waals surface area contributed by atoms with Gasteiger partial charge in [0.1, 0.15) is 13.2 Å². The Morgan fingerprint density at radius 1 is 0.345 bits per heavy atom. The second-order valence-corrected chi connectivity index (χ2v) is 19.0. The molecule has 0 fully saturated rings. The average Bonchev–Trinajstić information content (AvgIpc) is 3.19. The van der Waals surface area contributed by atoms with E-state index < -0.39 is 6.10 Å². The van der Waals surface area contributed by atoms with E-state index in [1.165, 1.54) is 161 Å². The zero-order valence-electron chi connectivity index (χ0n) is 39.8. The van der Waals surface area contributed by atoms with E-state index in [-0.39, 0.29) is 31.1 Å². The van der Waals surface area contributed by atoms with E-state index in [2.05, 4.69) is 41.5 Å². The topological polar surface area (TPSA) is 78.9 Å². The summed E-state index contributed by atoms with van der Waals surface area (Å²) in [7, 11) is 0.